The highest BCUT2D eigenvalue weighted by molar-refractivity contribution is 5.38. The van der Waals surface area contributed by atoms with Gasteiger partial charge < -0.3 is 0 Å². The lowest BCUT2D eigenvalue weighted by Gasteiger charge is -2.04. The SMILES string of the molecule is C/C=c1\c(=C(C)C)cnn1C(C)C. The first kappa shape index (κ1) is 10.0. The van der Waals surface area contributed by atoms with Crippen LogP contribution in [0.25, 0.3) is 11.6 Å². The van der Waals surface area contributed by atoms with Gasteiger partial charge in [0.2, 0.25) is 0 Å². The topological polar surface area (TPSA) is 17.8 Å². The van der Waals surface area contributed by atoms with Crippen molar-refractivity contribution in [3.8, 4) is 0 Å². The number of aromatic nitrogens is 2. The van der Waals surface area contributed by atoms with E-state index in [0.717, 1.165) is 0 Å². The van der Waals surface area contributed by atoms with Crippen LogP contribution in [0.4, 0.5) is 0 Å². The van der Waals surface area contributed by atoms with Gasteiger partial charge in [-0.3, -0.25) is 4.68 Å². The quantitative estimate of drug-likeness (QED) is 0.636. The van der Waals surface area contributed by atoms with Crippen LogP contribution in [0.1, 0.15) is 40.7 Å². The van der Waals surface area contributed by atoms with Crippen molar-refractivity contribution < 1.29 is 0 Å². The van der Waals surface area contributed by atoms with Crippen molar-refractivity contribution in [3.63, 3.8) is 0 Å². The molecule has 0 atom stereocenters. The molecule has 0 saturated carbocycles. The van der Waals surface area contributed by atoms with Crippen molar-refractivity contribution in [2.45, 2.75) is 40.7 Å². The molecule has 0 radical (unpaired) electrons. The van der Waals surface area contributed by atoms with Gasteiger partial charge in [-0.25, -0.2) is 0 Å². The Morgan fingerprint density at radius 2 is 2.08 bits per heavy atom. The molecule has 1 rings (SSSR count). The zero-order valence-electron chi connectivity index (χ0n) is 9.13. The number of nitrogens with zero attached hydrogens (tertiary/aromatic N) is 2. The van der Waals surface area contributed by atoms with Crippen LogP contribution < -0.4 is 10.6 Å². The molecule has 1 aromatic heterocycles. The zero-order valence-corrected chi connectivity index (χ0v) is 9.13. The highest BCUT2D eigenvalue weighted by atomic mass is 15.3. The minimum absolute atomic E-state index is 0.430. The summed E-state index contributed by atoms with van der Waals surface area (Å²) < 4.78 is 2.06. The molecule has 13 heavy (non-hydrogen) atoms. The second kappa shape index (κ2) is 3.77. The summed E-state index contributed by atoms with van der Waals surface area (Å²) in [5.41, 5.74) is 1.32. The third-order valence-corrected chi connectivity index (χ3v) is 2.14. The summed E-state index contributed by atoms with van der Waals surface area (Å²) in [6.45, 7) is 10.6. The Morgan fingerprint density at radius 3 is 2.46 bits per heavy atom. The molecule has 2 heteroatoms. The highest BCUT2D eigenvalue weighted by Gasteiger charge is 2.01. The number of hydrogen-bond acceptors (Lipinski definition) is 1. The molecule has 1 aromatic rings. The van der Waals surface area contributed by atoms with Gasteiger partial charge in [0.15, 0.2) is 0 Å². The summed E-state index contributed by atoms with van der Waals surface area (Å²) in [5, 5.41) is 6.86. The third kappa shape index (κ3) is 1.82. The first-order valence-electron chi connectivity index (χ1n) is 4.75. The van der Waals surface area contributed by atoms with Gasteiger partial charge in [0.1, 0.15) is 0 Å². The Labute approximate surface area is 79.6 Å². The molecule has 0 aromatic carbocycles. The van der Waals surface area contributed by atoms with Crippen molar-refractivity contribution in [3.05, 3.63) is 16.8 Å². The van der Waals surface area contributed by atoms with Gasteiger partial charge in [-0.1, -0.05) is 11.6 Å². The second-order valence-electron chi connectivity index (χ2n) is 3.77. The van der Waals surface area contributed by atoms with E-state index in [1.165, 1.54) is 16.1 Å². The molecule has 0 fully saturated rings. The molecular formula is C11H18N2. The molecule has 0 unspecified atom stereocenters. The van der Waals surface area contributed by atoms with Crippen LogP contribution in [-0.4, -0.2) is 9.78 Å². The van der Waals surface area contributed by atoms with Crippen molar-refractivity contribution >= 4 is 11.6 Å². The smallest absolute Gasteiger partial charge is 0.0642 e. The molecular weight excluding hydrogens is 160 g/mol. The summed E-state index contributed by atoms with van der Waals surface area (Å²) in [6, 6.07) is 0.430. The van der Waals surface area contributed by atoms with E-state index in [-0.39, 0.29) is 0 Å². The average Bonchev–Trinajstić information content (AvgIpc) is 2.46. The fourth-order valence-electron chi connectivity index (χ4n) is 1.46. The lowest BCUT2D eigenvalue weighted by atomic mass is 10.2. The Morgan fingerprint density at radius 1 is 1.46 bits per heavy atom. The van der Waals surface area contributed by atoms with Gasteiger partial charge >= 0.3 is 0 Å². The van der Waals surface area contributed by atoms with E-state index < -0.39 is 0 Å². The summed E-state index contributed by atoms with van der Waals surface area (Å²) in [7, 11) is 0. The molecule has 0 aliphatic heterocycles. The van der Waals surface area contributed by atoms with Crippen molar-refractivity contribution in [1.29, 1.82) is 0 Å². The van der Waals surface area contributed by atoms with Crippen LogP contribution >= 0.6 is 0 Å². The van der Waals surface area contributed by atoms with E-state index in [1.54, 1.807) is 0 Å². The Kier molecular flexibility index (Phi) is 2.91. The minimum atomic E-state index is 0.430. The zero-order chi connectivity index (χ0) is 10.0. The van der Waals surface area contributed by atoms with Crippen LogP contribution in [0.2, 0.25) is 0 Å². The Hall–Kier alpha value is -1.05. The Bertz CT molecular complexity index is 392. The normalized spacial score (nSPS) is 12.6. The summed E-state index contributed by atoms with van der Waals surface area (Å²) in [4.78, 5) is 0. The van der Waals surface area contributed by atoms with Crippen LogP contribution in [0, 0.1) is 0 Å². The van der Waals surface area contributed by atoms with Gasteiger partial charge in [-0.2, -0.15) is 5.10 Å². The van der Waals surface area contributed by atoms with Crippen LogP contribution in [-0.2, 0) is 0 Å². The van der Waals surface area contributed by atoms with Crippen molar-refractivity contribution in [1.82, 2.24) is 9.78 Å². The van der Waals surface area contributed by atoms with Gasteiger partial charge in [-0.05, 0) is 34.6 Å². The molecule has 0 aliphatic rings. The lowest BCUT2D eigenvalue weighted by Crippen LogP contribution is -2.31. The molecule has 0 saturated heterocycles. The van der Waals surface area contributed by atoms with E-state index in [2.05, 4.69) is 50.5 Å². The largest absolute Gasteiger partial charge is 0.263 e. The first-order chi connectivity index (χ1) is 6.07. The average molecular weight is 178 g/mol. The van der Waals surface area contributed by atoms with Gasteiger partial charge in [0.25, 0.3) is 0 Å². The molecule has 0 bridgehead atoms. The molecule has 0 spiro atoms. The van der Waals surface area contributed by atoms with E-state index in [1.807, 2.05) is 6.20 Å². The number of rotatable bonds is 1. The summed E-state index contributed by atoms with van der Waals surface area (Å²) in [5.74, 6) is 0. The third-order valence-electron chi connectivity index (χ3n) is 2.14. The summed E-state index contributed by atoms with van der Waals surface area (Å²) in [6.07, 6.45) is 4.07. The first-order valence-corrected chi connectivity index (χ1v) is 4.75. The van der Waals surface area contributed by atoms with E-state index in [0.29, 0.717) is 6.04 Å². The summed E-state index contributed by atoms with van der Waals surface area (Å²) >= 11 is 0. The van der Waals surface area contributed by atoms with Crippen molar-refractivity contribution in [2.24, 2.45) is 0 Å². The standard InChI is InChI=1S/C11H18N2/c1-6-11-10(8(2)3)7-12-13(11)9(4)5/h6-7,9H,1-5H3/b11-6+. The number of hydrogen-bond donors (Lipinski definition) is 0. The monoisotopic (exact) mass is 178 g/mol. The maximum atomic E-state index is 4.37. The van der Waals surface area contributed by atoms with Crippen LogP contribution in [0.15, 0.2) is 6.20 Å². The van der Waals surface area contributed by atoms with Gasteiger partial charge in [0, 0.05) is 11.3 Å². The van der Waals surface area contributed by atoms with Gasteiger partial charge in [0.05, 0.1) is 11.5 Å². The molecule has 72 valence electrons. The predicted molar refractivity (Wildman–Crippen MR) is 56.8 cm³/mol. The van der Waals surface area contributed by atoms with E-state index >= 15 is 0 Å². The second-order valence-corrected chi connectivity index (χ2v) is 3.77. The fraction of sp³-hybridized carbons (Fsp3) is 0.545. The maximum absolute atomic E-state index is 4.37. The predicted octanol–water partition coefficient (Wildman–Crippen LogP) is 1.45. The molecule has 1 heterocycles. The van der Waals surface area contributed by atoms with E-state index in [9.17, 15) is 0 Å². The Balaban J connectivity index is 3.56. The van der Waals surface area contributed by atoms with Crippen LogP contribution in [0.5, 0.6) is 0 Å². The molecule has 0 aliphatic carbocycles. The minimum Gasteiger partial charge on any atom is -0.263 e. The van der Waals surface area contributed by atoms with E-state index in [4.69, 9.17) is 0 Å². The fourth-order valence-corrected chi connectivity index (χ4v) is 1.46. The molecule has 2 nitrogen and oxygen atoms in total. The highest BCUT2D eigenvalue weighted by Crippen LogP contribution is 1.94. The van der Waals surface area contributed by atoms with Crippen LogP contribution in [0.3, 0.4) is 0 Å². The van der Waals surface area contributed by atoms with Crippen molar-refractivity contribution in [2.75, 3.05) is 0 Å². The maximum Gasteiger partial charge on any atom is 0.0642 e. The lowest BCUT2D eigenvalue weighted by molar-refractivity contribution is 0.518. The molecule has 0 N–H and O–H groups in total. The van der Waals surface area contributed by atoms with Gasteiger partial charge in [-0.15, -0.1) is 0 Å². The molecule has 0 amide bonds.